The molecule has 1 fully saturated rings. The second-order valence-corrected chi connectivity index (χ2v) is 10.6. The van der Waals surface area contributed by atoms with Gasteiger partial charge in [-0.05, 0) is 42.3 Å². The van der Waals surface area contributed by atoms with Crippen LogP contribution in [0, 0.1) is 0 Å². The first-order valence-corrected chi connectivity index (χ1v) is 14.5. The van der Waals surface area contributed by atoms with E-state index in [0.29, 0.717) is 28.8 Å². The molecule has 0 unspecified atom stereocenters. The summed E-state index contributed by atoms with van der Waals surface area (Å²) in [4.78, 5) is 4.71. The van der Waals surface area contributed by atoms with Crippen molar-refractivity contribution in [3.8, 4) is 28.7 Å². The average molecular weight is 595 g/mol. The lowest BCUT2D eigenvalue weighted by molar-refractivity contribution is 0.354. The fraction of sp³-hybridized carbons (Fsp3) is 0.406. The SMILES string of the molecule is CCCc1nn(Cc2ccc(OC)c(OC)c2)c2cc(OC)c(OC)c(N3CCN(c4cc(Cl)ccc4OC)CC3)c12. The minimum absolute atomic E-state index is 0.567. The van der Waals surface area contributed by atoms with Crippen LogP contribution in [0.15, 0.2) is 42.5 Å². The van der Waals surface area contributed by atoms with Crippen LogP contribution in [0.5, 0.6) is 28.7 Å². The van der Waals surface area contributed by atoms with E-state index >= 15 is 0 Å². The molecular weight excluding hydrogens is 556 g/mol. The third-order valence-corrected chi connectivity index (χ3v) is 8.01. The van der Waals surface area contributed by atoms with Crippen molar-refractivity contribution in [3.05, 3.63) is 58.7 Å². The van der Waals surface area contributed by atoms with Gasteiger partial charge in [0.1, 0.15) is 5.75 Å². The fourth-order valence-corrected chi connectivity index (χ4v) is 5.93. The van der Waals surface area contributed by atoms with Gasteiger partial charge in [0.05, 0.1) is 70.1 Å². The zero-order valence-electron chi connectivity index (χ0n) is 25.2. The fourth-order valence-electron chi connectivity index (χ4n) is 5.77. The molecule has 10 heteroatoms. The number of methoxy groups -OCH3 is 5. The molecular formula is C32H39ClN4O5. The van der Waals surface area contributed by atoms with Crippen LogP contribution in [0.25, 0.3) is 10.9 Å². The Hall–Kier alpha value is -3.98. The number of fused-ring (bicyclic) bond motifs is 1. The molecule has 3 aromatic carbocycles. The van der Waals surface area contributed by atoms with Gasteiger partial charge in [-0.3, -0.25) is 4.68 Å². The Morgan fingerprint density at radius 2 is 1.40 bits per heavy atom. The van der Waals surface area contributed by atoms with Gasteiger partial charge in [0.25, 0.3) is 0 Å². The van der Waals surface area contributed by atoms with E-state index in [4.69, 9.17) is 40.4 Å². The molecule has 0 amide bonds. The number of nitrogens with zero attached hydrogens (tertiary/aromatic N) is 4. The topological polar surface area (TPSA) is 70.5 Å². The maximum absolute atomic E-state index is 6.35. The number of ether oxygens (including phenoxy) is 5. The van der Waals surface area contributed by atoms with Gasteiger partial charge in [-0.25, -0.2) is 0 Å². The Bertz CT molecular complexity index is 1550. The van der Waals surface area contributed by atoms with Crippen molar-refractivity contribution in [3.63, 3.8) is 0 Å². The van der Waals surface area contributed by atoms with E-state index in [9.17, 15) is 0 Å². The molecule has 1 aromatic heterocycles. The van der Waals surface area contributed by atoms with Crippen LogP contribution in [0.2, 0.25) is 5.02 Å². The number of aromatic nitrogens is 2. The maximum Gasteiger partial charge on any atom is 0.185 e. The van der Waals surface area contributed by atoms with Crippen LogP contribution >= 0.6 is 11.6 Å². The van der Waals surface area contributed by atoms with E-state index in [1.54, 1.807) is 35.5 Å². The van der Waals surface area contributed by atoms with Crippen molar-refractivity contribution >= 4 is 33.9 Å². The van der Waals surface area contributed by atoms with Gasteiger partial charge in [-0.15, -0.1) is 0 Å². The Balaban J connectivity index is 1.56. The number of rotatable bonds is 11. The molecule has 0 radical (unpaired) electrons. The van der Waals surface area contributed by atoms with E-state index in [1.165, 1.54) is 0 Å². The predicted molar refractivity (Wildman–Crippen MR) is 168 cm³/mol. The first-order valence-electron chi connectivity index (χ1n) is 14.1. The first kappa shape index (κ1) is 29.5. The lowest BCUT2D eigenvalue weighted by atomic mass is 10.1. The number of hydrogen-bond acceptors (Lipinski definition) is 8. The molecule has 0 N–H and O–H groups in total. The maximum atomic E-state index is 6.35. The lowest BCUT2D eigenvalue weighted by Crippen LogP contribution is -2.46. The van der Waals surface area contributed by atoms with Gasteiger partial charge < -0.3 is 33.5 Å². The lowest BCUT2D eigenvalue weighted by Gasteiger charge is -2.38. The Labute approximate surface area is 252 Å². The smallest absolute Gasteiger partial charge is 0.185 e. The second-order valence-electron chi connectivity index (χ2n) is 10.2. The number of hydrogen-bond donors (Lipinski definition) is 0. The number of halogens is 1. The largest absolute Gasteiger partial charge is 0.495 e. The summed E-state index contributed by atoms with van der Waals surface area (Å²) >= 11 is 6.35. The van der Waals surface area contributed by atoms with Crippen LogP contribution in [0.3, 0.4) is 0 Å². The highest BCUT2D eigenvalue weighted by Crippen LogP contribution is 2.46. The Kier molecular flexibility index (Phi) is 9.06. The minimum atomic E-state index is 0.567. The number of piperazine rings is 1. The third kappa shape index (κ3) is 5.57. The van der Waals surface area contributed by atoms with Gasteiger partial charge in [0.2, 0.25) is 0 Å². The highest BCUT2D eigenvalue weighted by Gasteiger charge is 2.29. The molecule has 42 heavy (non-hydrogen) atoms. The van der Waals surface area contributed by atoms with E-state index < -0.39 is 0 Å². The molecule has 5 rings (SSSR count). The molecule has 0 aliphatic carbocycles. The van der Waals surface area contributed by atoms with Crippen molar-refractivity contribution in [1.29, 1.82) is 0 Å². The van der Waals surface area contributed by atoms with Gasteiger partial charge >= 0.3 is 0 Å². The van der Waals surface area contributed by atoms with Crippen LogP contribution in [-0.4, -0.2) is 71.5 Å². The molecule has 4 aromatic rings. The van der Waals surface area contributed by atoms with E-state index in [2.05, 4.69) is 21.4 Å². The monoisotopic (exact) mass is 594 g/mol. The van der Waals surface area contributed by atoms with Crippen LogP contribution < -0.4 is 33.5 Å². The van der Waals surface area contributed by atoms with Crippen LogP contribution in [0.1, 0.15) is 24.6 Å². The summed E-state index contributed by atoms with van der Waals surface area (Å²) in [6.07, 6.45) is 1.82. The summed E-state index contributed by atoms with van der Waals surface area (Å²) in [5.74, 6) is 3.60. The zero-order valence-corrected chi connectivity index (χ0v) is 26.0. The second kappa shape index (κ2) is 12.9. The Morgan fingerprint density at radius 3 is 2.05 bits per heavy atom. The predicted octanol–water partition coefficient (Wildman–Crippen LogP) is 6.06. The van der Waals surface area contributed by atoms with Crippen molar-refractivity contribution in [2.24, 2.45) is 0 Å². The third-order valence-electron chi connectivity index (χ3n) is 7.78. The summed E-state index contributed by atoms with van der Waals surface area (Å²) in [5, 5.41) is 6.93. The van der Waals surface area contributed by atoms with Gasteiger partial charge in [0.15, 0.2) is 23.0 Å². The summed E-state index contributed by atoms with van der Waals surface area (Å²) in [5.41, 5.74) is 5.12. The number of anilines is 2. The Morgan fingerprint density at radius 1 is 0.738 bits per heavy atom. The van der Waals surface area contributed by atoms with Crippen molar-refractivity contribution < 1.29 is 23.7 Å². The molecule has 1 aliphatic rings. The van der Waals surface area contributed by atoms with Gasteiger partial charge in [0, 0.05) is 37.3 Å². The standard InChI is InChI=1S/C32H39ClN4O5/c1-7-8-23-30-25(37(34-23)20-21-9-11-27(39-3)28(17-21)40-4)19-29(41-5)32(42-6)31(30)36-15-13-35(14-16-36)24-18-22(33)10-12-26(24)38-2/h9-12,17-19H,7-8,13-16,20H2,1-6H3. The van der Waals surface area contributed by atoms with Crippen molar-refractivity contribution in [2.75, 3.05) is 71.5 Å². The van der Waals surface area contributed by atoms with Gasteiger partial charge in [-0.1, -0.05) is 31.0 Å². The molecule has 9 nitrogen and oxygen atoms in total. The van der Waals surface area contributed by atoms with Crippen LogP contribution in [0.4, 0.5) is 11.4 Å². The summed E-state index contributed by atoms with van der Waals surface area (Å²) in [6.45, 7) is 5.89. The van der Waals surface area contributed by atoms with Crippen molar-refractivity contribution in [2.45, 2.75) is 26.3 Å². The van der Waals surface area contributed by atoms with Gasteiger partial charge in [-0.2, -0.15) is 5.10 Å². The molecule has 0 atom stereocenters. The summed E-state index contributed by atoms with van der Waals surface area (Å²) < 4.78 is 30.6. The quantitative estimate of drug-likeness (QED) is 0.208. The van der Waals surface area contributed by atoms with Crippen LogP contribution in [-0.2, 0) is 13.0 Å². The molecule has 2 heterocycles. The normalized spacial score (nSPS) is 13.4. The molecule has 0 spiro atoms. The summed E-state index contributed by atoms with van der Waals surface area (Å²) in [7, 11) is 8.36. The molecule has 0 bridgehead atoms. The minimum Gasteiger partial charge on any atom is -0.495 e. The van der Waals surface area contributed by atoms with Crippen molar-refractivity contribution in [1.82, 2.24) is 9.78 Å². The molecule has 1 aliphatic heterocycles. The average Bonchev–Trinajstić information content (AvgIpc) is 3.36. The molecule has 1 saturated heterocycles. The molecule has 0 saturated carbocycles. The number of aryl methyl sites for hydroxylation is 1. The molecule has 224 valence electrons. The first-order chi connectivity index (χ1) is 20.5. The van der Waals surface area contributed by atoms with E-state index in [0.717, 1.165) is 84.1 Å². The summed E-state index contributed by atoms with van der Waals surface area (Å²) in [6, 6.07) is 13.7. The highest BCUT2D eigenvalue weighted by molar-refractivity contribution is 6.31. The van der Waals surface area contributed by atoms with E-state index in [1.807, 2.05) is 42.5 Å². The van der Waals surface area contributed by atoms with E-state index in [-0.39, 0.29) is 0 Å². The number of benzene rings is 3. The zero-order chi connectivity index (χ0) is 29.8. The highest BCUT2D eigenvalue weighted by atomic mass is 35.5.